The minimum Gasteiger partial charge on any atom is -0.138 e. The predicted octanol–water partition coefficient (Wildman–Crippen LogP) is 4.16. The van der Waals surface area contributed by atoms with Crippen LogP contribution in [0.1, 0.15) is 29.2 Å². The molecule has 110 valence electrons. The highest BCUT2D eigenvalue weighted by molar-refractivity contribution is 7.13. The molecule has 2 aromatic heterocycles. The second-order valence-corrected chi connectivity index (χ2v) is 6.87. The smallest absolute Gasteiger partial charge is 0.109 e. The third-order valence-electron chi connectivity index (χ3n) is 4.02. The van der Waals surface area contributed by atoms with Gasteiger partial charge in [0.15, 0.2) is 0 Å². The molecule has 0 aliphatic rings. The largest absolute Gasteiger partial charge is 0.138 e. The molecule has 0 spiro atoms. The van der Waals surface area contributed by atoms with Crippen LogP contribution in [0.15, 0.2) is 24.3 Å². The summed E-state index contributed by atoms with van der Waals surface area (Å²) in [6.45, 7) is 4.23. The van der Waals surface area contributed by atoms with Gasteiger partial charge in [-0.05, 0) is 58.7 Å². The normalized spacial score (nSPS) is 11.5. The first-order chi connectivity index (χ1) is 10.8. The molecular formula is C16H14N4S2. The summed E-state index contributed by atoms with van der Waals surface area (Å²) in [5.41, 5.74) is 7.07. The Bertz CT molecular complexity index is 971. The van der Waals surface area contributed by atoms with E-state index in [2.05, 4.69) is 57.3 Å². The maximum atomic E-state index is 4.30. The fourth-order valence-corrected chi connectivity index (χ4v) is 4.25. The molecule has 0 fully saturated rings. The van der Waals surface area contributed by atoms with Gasteiger partial charge in [0, 0.05) is 6.42 Å². The molecule has 4 nitrogen and oxygen atoms in total. The lowest BCUT2D eigenvalue weighted by molar-refractivity contribution is 1.11. The van der Waals surface area contributed by atoms with Crippen molar-refractivity contribution in [1.82, 2.24) is 19.2 Å². The van der Waals surface area contributed by atoms with Crippen molar-refractivity contribution in [3.8, 4) is 0 Å². The number of nitrogens with zero attached hydrogens (tertiary/aromatic N) is 4. The first-order valence-electron chi connectivity index (χ1n) is 7.21. The lowest BCUT2D eigenvalue weighted by Gasteiger charge is -2.06. The van der Waals surface area contributed by atoms with Crippen LogP contribution in [0.2, 0.25) is 0 Å². The lowest BCUT2D eigenvalue weighted by atomic mass is 10.0. The lowest BCUT2D eigenvalue weighted by Crippen LogP contribution is -1.92. The fraction of sp³-hybridized carbons (Fsp3) is 0.250. The predicted molar refractivity (Wildman–Crippen MR) is 91.8 cm³/mol. The Balaban J connectivity index is 1.85. The van der Waals surface area contributed by atoms with Gasteiger partial charge in [0.05, 0.1) is 9.40 Å². The molecule has 22 heavy (non-hydrogen) atoms. The zero-order valence-electron chi connectivity index (χ0n) is 12.3. The maximum absolute atomic E-state index is 4.30. The summed E-state index contributed by atoms with van der Waals surface area (Å²) in [7, 11) is 0. The van der Waals surface area contributed by atoms with E-state index in [1.54, 1.807) is 0 Å². The molecular weight excluding hydrogens is 312 g/mol. The molecule has 0 saturated carbocycles. The number of aromatic nitrogens is 4. The average molecular weight is 326 g/mol. The van der Waals surface area contributed by atoms with E-state index in [1.807, 2.05) is 0 Å². The van der Waals surface area contributed by atoms with Crippen molar-refractivity contribution in [2.75, 3.05) is 0 Å². The molecule has 4 aromatic rings. The standard InChI is InChI=1S/C16H14N4S2/c1-3-10-6-7-12(16-14(10)18-20-22-16)8-11-5-4-9(2)13-15(11)21-19-17-13/h4-7H,3,8H2,1-2H3. The van der Waals surface area contributed by atoms with Crippen LogP contribution in [0.5, 0.6) is 0 Å². The topological polar surface area (TPSA) is 51.6 Å². The molecule has 0 saturated heterocycles. The van der Waals surface area contributed by atoms with Gasteiger partial charge in [-0.2, -0.15) is 0 Å². The van der Waals surface area contributed by atoms with Gasteiger partial charge in [-0.15, -0.1) is 10.2 Å². The molecule has 0 N–H and O–H groups in total. The zero-order chi connectivity index (χ0) is 15.1. The van der Waals surface area contributed by atoms with Gasteiger partial charge in [0.1, 0.15) is 11.0 Å². The molecule has 2 aromatic carbocycles. The molecule has 0 aliphatic carbocycles. The minimum absolute atomic E-state index is 0.866. The Morgan fingerprint density at radius 1 is 0.818 bits per heavy atom. The van der Waals surface area contributed by atoms with Crippen LogP contribution < -0.4 is 0 Å². The van der Waals surface area contributed by atoms with Crippen LogP contribution in [0.3, 0.4) is 0 Å². The van der Waals surface area contributed by atoms with E-state index in [4.69, 9.17) is 0 Å². The summed E-state index contributed by atoms with van der Waals surface area (Å²) in [5, 5.41) is 8.55. The monoisotopic (exact) mass is 326 g/mol. The highest BCUT2D eigenvalue weighted by Gasteiger charge is 2.13. The highest BCUT2D eigenvalue weighted by Crippen LogP contribution is 2.30. The molecule has 0 unspecified atom stereocenters. The van der Waals surface area contributed by atoms with Gasteiger partial charge in [-0.3, -0.25) is 0 Å². The second-order valence-electron chi connectivity index (χ2n) is 5.36. The van der Waals surface area contributed by atoms with E-state index in [0.717, 1.165) is 23.9 Å². The van der Waals surface area contributed by atoms with Gasteiger partial charge < -0.3 is 0 Å². The van der Waals surface area contributed by atoms with Gasteiger partial charge in [0.2, 0.25) is 0 Å². The summed E-state index contributed by atoms with van der Waals surface area (Å²) in [5.74, 6) is 0. The number of benzene rings is 2. The third kappa shape index (κ3) is 2.10. The summed E-state index contributed by atoms with van der Waals surface area (Å²) >= 11 is 2.96. The average Bonchev–Trinajstić information content (AvgIpc) is 3.19. The molecule has 0 amide bonds. The van der Waals surface area contributed by atoms with Crippen LogP contribution in [-0.4, -0.2) is 19.2 Å². The van der Waals surface area contributed by atoms with Gasteiger partial charge in [0.25, 0.3) is 0 Å². The molecule has 2 heterocycles. The minimum atomic E-state index is 0.866. The number of hydrogen-bond acceptors (Lipinski definition) is 6. The number of fused-ring (bicyclic) bond motifs is 2. The summed E-state index contributed by atoms with van der Waals surface area (Å²) < 4.78 is 10.6. The van der Waals surface area contributed by atoms with Gasteiger partial charge in [-0.25, -0.2) is 0 Å². The quantitative estimate of drug-likeness (QED) is 0.567. The van der Waals surface area contributed by atoms with Crippen LogP contribution in [0.4, 0.5) is 0 Å². The van der Waals surface area contributed by atoms with E-state index in [-0.39, 0.29) is 0 Å². The first kappa shape index (κ1) is 13.7. The zero-order valence-corrected chi connectivity index (χ0v) is 14.0. The molecule has 0 bridgehead atoms. The highest BCUT2D eigenvalue weighted by atomic mass is 32.1. The molecule has 6 heteroatoms. The molecule has 0 atom stereocenters. The number of aryl methyl sites for hydroxylation is 2. The molecule has 0 radical (unpaired) electrons. The Hall–Kier alpha value is -1.92. The number of hydrogen-bond donors (Lipinski definition) is 0. The van der Waals surface area contributed by atoms with Gasteiger partial charge in [-0.1, -0.05) is 40.2 Å². The molecule has 0 aliphatic heterocycles. The van der Waals surface area contributed by atoms with Crippen LogP contribution in [-0.2, 0) is 12.8 Å². The van der Waals surface area contributed by atoms with E-state index >= 15 is 0 Å². The van der Waals surface area contributed by atoms with E-state index in [1.165, 1.54) is 54.7 Å². The summed E-state index contributed by atoms with van der Waals surface area (Å²) in [6.07, 6.45) is 1.85. The Morgan fingerprint density at radius 3 is 2.14 bits per heavy atom. The van der Waals surface area contributed by atoms with Crippen molar-refractivity contribution in [3.63, 3.8) is 0 Å². The van der Waals surface area contributed by atoms with Crippen molar-refractivity contribution >= 4 is 43.5 Å². The van der Waals surface area contributed by atoms with E-state index in [9.17, 15) is 0 Å². The summed E-state index contributed by atoms with van der Waals surface area (Å²) in [6, 6.07) is 8.70. The second kappa shape index (κ2) is 5.37. The van der Waals surface area contributed by atoms with Crippen molar-refractivity contribution in [1.29, 1.82) is 0 Å². The SMILES string of the molecule is CCc1ccc(Cc2ccc(C)c3nnsc23)c2snnc12. The fourth-order valence-electron chi connectivity index (χ4n) is 2.78. The Morgan fingerprint density at radius 2 is 1.41 bits per heavy atom. The van der Waals surface area contributed by atoms with Crippen LogP contribution >= 0.6 is 23.1 Å². The van der Waals surface area contributed by atoms with E-state index < -0.39 is 0 Å². The molecule has 4 rings (SSSR count). The Kier molecular flexibility index (Phi) is 3.35. The van der Waals surface area contributed by atoms with Crippen molar-refractivity contribution in [3.05, 3.63) is 46.5 Å². The van der Waals surface area contributed by atoms with Crippen molar-refractivity contribution in [2.24, 2.45) is 0 Å². The van der Waals surface area contributed by atoms with Crippen molar-refractivity contribution in [2.45, 2.75) is 26.7 Å². The summed E-state index contributed by atoms with van der Waals surface area (Å²) in [4.78, 5) is 0. The van der Waals surface area contributed by atoms with E-state index in [0.29, 0.717) is 0 Å². The van der Waals surface area contributed by atoms with Gasteiger partial charge >= 0.3 is 0 Å². The third-order valence-corrected chi connectivity index (χ3v) is 5.62. The maximum Gasteiger partial charge on any atom is 0.109 e. The van der Waals surface area contributed by atoms with Crippen LogP contribution in [0, 0.1) is 6.92 Å². The Labute approximate surface area is 136 Å². The van der Waals surface area contributed by atoms with Crippen molar-refractivity contribution < 1.29 is 0 Å². The first-order valence-corrected chi connectivity index (χ1v) is 8.76. The van der Waals surface area contributed by atoms with Crippen LogP contribution in [0.25, 0.3) is 20.4 Å². The number of rotatable bonds is 3.